The first kappa shape index (κ1) is 24.3. The smallest absolute Gasteiger partial charge is 0.343 e. The normalized spacial score (nSPS) is 10.6. The number of hydrogen-bond donors (Lipinski definition) is 1. The molecule has 176 valence electrons. The third-order valence-corrected chi connectivity index (χ3v) is 4.60. The van der Waals surface area contributed by atoms with Gasteiger partial charge in [0, 0.05) is 0 Å². The summed E-state index contributed by atoms with van der Waals surface area (Å²) in [4.78, 5) is 24.9. The van der Waals surface area contributed by atoms with Gasteiger partial charge in [0.05, 0.1) is 37.7 Å². The summed E-state index contributed by atoms with van der Waals surface area (Å²) >= 11 is 0. The Kier molecular flexibility index (Phi) is 8.62. The molecule has 0 spiro atoms. The minimum Gasteiger partial charge on any atom is -0.496 e. The number of rotatable bonds is 10. The number of methoxy groups -OCH3 is 1. The van der Waals surface area contributed by atoms with Gasteiger partial charge in [-0.05, 0) is 74.0 Å². The Hall–Kier alpha value is -4.33. The number of esters is 1. The number of para-hydroxylation sites is 1. The van der Waals surface area contributed by atoms with Crippen LogP contribution in [0.2, 0.25) is 0 Å². The highest BCUT2D eigenvalue weighted by molar-refractivity contribution is 5.97. The van der Waals surface area contributed by atoms with E-state index in [0.717, 1.165) is 0 Å². The Morgan fingerprint density at radius 2 is 1.62 bits per heavy atom. The van der Waals surface area contributed by atoms with Gasteiger partial charge in [-0.1, -0.05) is 12.1 Å². The molecule has 0 saturated carbocycles. The molecule has 34 heavy (non-hydrogen) atoms. The van der Waals surface area contributed by atoms with Crippen LogP contribution in [0.1, 0.15) is 40.1 Å². The van der Waals surface area contributed by atoms with E-state index in [0.29, 0.717) is 47.2 Å². The van der Waals surface area contributed by atoms with Crippen molar-refractivity contribution in [1.29, 1.82) is 0 Å². The summed E-state index contributed by atoms with van der Waals surface area (Å²) in [7, 11) is 1.49. The quantitative estimate of drug-likeness (QED) is 0.207. The molecule has 3 rings (SSSR count). The van der Waals surface area contributed by atoms with Gasteiger partial charge >= 0.3 is 5.97 Å². The molecule has 1 amide bonds. The number of amides is 1. The summed E-state index contributed by atoms with van der Waals surface area (Å²) in [5.41, 5.74) is 3.87. The Morgan fingerprint density at radius 3 is 2.32 bits per heavy atom. The van der Waals surface area contributed by atoms with Crippen molar-refractivity contribution in [3.63, 3.8) is 0 Å². The second kappa shape index (κ2) is 12.1. The number of ether oxygens (including phenoxy) is 4. The average molecular weight is 463 g/mol. The summed E-state index contributed by atoms with van der Waals surface area (Å²) in [5.74, 6) is 0.856. The van der Waals surface area contributed by atoms with E-state index in [1.807, 2.05) is 13.8 Å². The highest BCUT2D eigenvalue weighted by atomic mass is 16.6. The Labute approximate surface area is 198 Å². The number of nitrogens with zero attached hydrogens (tertiary/aromatic N) is 1. The first-order chi connectivity index (χ1) is 16.5. The van der Waals surface area contributed by atoms with E-state index in [9.17, 15) is 9.59 Å². The van der Waals surface area contributed by atoms with Crippen LogP contribution in [-0.2, 0) is 0 Å². The van der Waals surface area contributed by atoms with Crippen molar-refractivity contribution >= 4 is 18.1 Å². The second-order valence-corrected chi connectivity index (χ2v) is 6.89. The maximum absolute atomic E-state index is 12.6. The maximum Gasteiger partial charge on any atom is 0.343 e. The number of hydrazone groups is 1. The van der Waals surface area contributed by atoms with Gasteiger partial charge in [0.15, 0.2) is 11.5 Å². The first-order valence-corrected chi connectivity index (χ1v) is 10.7. The predicted octanol–water partition coefficient (Wildman–Crippen LogP) is 4.48. The highest BCUT2D eigenvalue weighted by Gasteiger charge is 2.14. The number of hydrogen-bond acceptors (Lipinski definition) is 7. The zero-order valence-electron chi connectivity index (χ0n) is 19.2. The molecule has 0 aliphatic heterocycles. The van der Waals surface area contributed by atoms with Crippen molar-refractivity contribution in [1.82, 2.24) is 5.43 Å². The van der Waals surface area contributed by atoms with Crippen LogP contribution in [0.15, 0.2) is 71.8 Å². The molecule has 3 aromatic carbocycles. The fourth-order valence-electron chi connectivity index (χ4n) is 3.03. The van der Waals surface area contributed by atoms with Crippen molar-refractivity contribution in [2.45, 2.75) is 13.8 Å². The summed E-state index contributed by atoms with van der Waals surface area (Å²) in [6.07, 6.45) is 1.47. The molecular formula is C26H26N2O6. The lowest BCUT2D eigenvalue weighted by atomic mass is 10.2. The third-order valence-electron chi connectivity index (χ3n) is 4.60. The molecule has 0 saturated heterocycles. The van der Waals surface area contributed by atoms with Crippen LogP contribution in [0.4, 0.5) is 0 Å². The Bertz CT molecular complexity index is 1160. The standard InChI is InChI=1S/C26H26N2O6/c1-4-32-20-13-11-19(12-14-20)26(30)34-23-15-10-18(16-24(23)33-5-2)17-27-28-25(29)21-8-6-7-9-22(21)31-3/h6-17H,4-5H2,1-3H3,(H,28,29)/b27-17+. The van der Waals surface area contributed by atoms with Crippen LogP contribution >= 0.6 is 0 Å². The molecule has 0 radical (unpaired) electrons. The van der Waals surface area contributed by atoms with Gasteiger partial charge < -0.3 is 18.9 Å². The molecule has 8 nitrogen and oxygen atoms in total. The van der Waals surface area contributed by atoms with Crippen molar-refractivity contribution < 1.29 is 28.5 Å². The third kappa shape index (κ3) is 6.35. The molecule has 0 heterocycles. The molecule has 1 N–H and O–H groups in total. The average Bonchev–Trinajstić information content (AvgIpc) is 2.86. The van der Waals surface area contributed by atoms with Gasteiger partial charge in [-0.3, -0.25) is 4.79 Å². The molecule has 0 atom stereocenters. The minimum absolute atomic E-state index is 0.274. The van der Waals surface area contributed by atoms with E-state index < -0.39 is 11.9 Å². The van der Waals surface area contributed by atoms with Crippen LogP contribution < -0.4 is 24.4 Å². The Morgan fingerprint density at radius 1 is 0.882 bits per heavy atom. The lowest BCUT2D eigenvalue weighted by Gasteiger charge is -2.11. The minimum atomic E-state index is -0.519. The molecule has 0 aromatic heterocycles. The van der Waals surface area contributed by atoms with Crippen LogP contribution in [-0.4, -0.2) is 38.4 Å². The van der Waals surface area contributed by atoms with Gasteiger partial charge in [0.2, 0.25) is 0 Å². The van der Waals surface area contributed by atoms with Gasteiger partial charge in [-0.2, -0.15) is 5.10 Å². The maximum atomic E-state index is 12.6. The fourth-order valence-corrected chi connectivity index (χ4v) is 3.03. The van der Waals surface area contributed by atoms with E-state index in [4.69, 9.17) is 18.9 Å². The lowest BCUT2D eigenvalue weighted by Crippen LogP contribution is -2.18. The second-order valence-electron chi connectivity index (χ2n) is 6.89. The molecule has 0 aliphatic rings. The highest BCUT2D eigenvalue weighted by Crippen LogP contribution is 2.29. The van der Waals surface area contributed by atoms with Gasteiger partial charge in [-0.25, -0.2) is 10.2 Å². The van der Waals surface area contributed by atoms with E-state index in [2.05, 4.69) is 10.5 Å². The van der Waals surface area contributed by atoms with Crippen LogP contribution in [0.3, 0.4) is 0 Å². The zero-order valence-corrected chi connectivity index (χ0v) is 19.2. The SMILES string of the molecule is CCOc1ccc(C(=O)Oc2ccc(/C=N/NC(=O)c3ccccc3OC)cc2OCC)cc1. The van der Waals surface area contributed by atoms with Crippen molar-refractivity contribution in [3.05, 3.63) is 83.4 Å². The summed E-state index contributed by atoms with van der Waals surface area (Å²) in [5, 5.41) is 4.00. The Balaban J connectivity index is 1.69. The number of benzene rings is 3. The van der Waals surface area contributed by atoms with E-state index in [-0.39, 0.29) is 5.75 Å². The molecule has 0 bridgehead atoms. The number of carbonyl (C=O) groups is 2. The van der Waals surface area contributed by atoms with Crippen LogP contribution in [0, 0.1) is 0 Å². The van der Waals surface area contributed by atoms with Crippen LogP contribution in [0.5, 0.6) is 23.0 Å². The first-order valence-electron chi connectivity index (χ1n) is 10.7. The van der Waals surface area contributed by atoms with E-state index in [1.54, 1.807) is 66.7 Å². The van der Waals surface area contributed by atoms with Gasteiger partial charge in [-0.15, -0.1) is 0 Å². The zero-order chi connectivity index (χ0) is 24.3. The molecular weight excluding hydrogens is 436 g/mol. The fraction of sp³-hybridized carbons (Fsp3) is 0.192. The molecule has 0 aliphatic carbocycles. The molecule has 0 unspecified atom stereocenters. The predicted molar refractivity (Wildman–Crippen MR) is 128 cm³/mol. The topological polar surface area (TPSA) is 95.5 Å². The van der Waals surface area contributed by atoms with Gasteiger partial charge in [0.25, 0.3) is 5.91 Å². The number of nitrogens with one attached hydrogen (secondary N) is 1. The van der Waals surface area contributed by atoms with Gasteiger partial charge in [0.1, 0.15) is 11.5 Å². The van der Waals surface area contributed by atoms with Crippen molar-refractivity contribution in [2.75, 3.05) is 20.3 Å². The summed E-state index contributed by atoms with van der Waals surface area (Å²) in [6, 6.07) is 18.5. The van der Waals surface area contributed by atoms with Crippen molar-refractivity contribution in [2.24, 2.45) is 5.10 Å². The molecule has 0 fully saturated rings. The summed E-state index contributed by atoms with van der Waals surface area (Å²) in [6.45, 7) is 4.63. The summed E-state index contributed by atoms with van der Waals surface area (Å²) < 4.78 is 21.7. The van der Waals surface area contributed by atoms with E-state index in [1.165, 1.54) is 13.3 Å². The lowest BCUT2D eigenvalue weighted by molar-refractivity contribution is 0.0728. The monoisotopic (exact) mass is 462 g/mol. The molecule has 8 heteroatoms. The largest absolute Gasteiger partial charge is 0.496 e. The van der Waals surface area contributed by atoms with Crippen LogP contribution in [0.25, 0.3) is 0 Å². The van der Waals surface area contributed by atoms with Crippen molar-refractivity contribution in [3.8, 4) is 23.0 Å². The number of carbonyl (C=O) groups excluding carboxylic acids is 2. The van der Waals surface area contributed by atoms with E-state index >= 15 is 0 Å². The molecule has 3 aromatic rings.